The van der Waals surface area contributed by atoms with Crippen molar-refractivity contribution in [2.45, 2.75) is 6.61 Å². The normalized spacial score (nSPS) is 10.8. The van der Waals surface area contributed by atoms with Crippen molar-refractivity contribution in [1.82, 2.24) is 9.78 Å². The number of hydrogen-bond donors (Lipinski definition) is 1. The average Bonchev–Trinajstić information content (AvgIpc) is 2.76. The van der Waals surface area contributed by atoms with Gasteiger partial charge in [-0.15, -0.1) is 0 Å². The van der Waals surface area contributed by atoms with Crippen molar-refractivity contribution < 1.29 is 23.4 Å². The van der Waals surface area contributed by atoms with Crippen molar-refractivity contribution in [2.75, 3.05) is 7.11 Å². The molecular weight excluding hydrogens is 270 g/mol. The summed E-state index contributed by atoms with van der Waals surface area (Å²) in [5.41, 5.74) is -0.363. The molecule has 1 heterocycles. The molecule has 5 nitrogen and oxygen atoms in total. The summed E-state index contributed by atoms with van der Waals surface area (Å²) in [7, 11) is 2.82. The number of nitrogens with zero attached hydrogens (tertiary/aromatic N) is 2. The van der Waals surface area contributed by atoms with Crippen LogP contribution in [-0.2, 0) is 18.4 Å². The topological polar surface area (TPSA) is 64.3 Å². The number of carboxylic acid groups (broad SMARTS) is 1. The lowest BCUT2D eigenvalue weighted by atomic mass is 10.1. The molecule has 0 amide bonds. The van der Waals surface area contributed by atoms with Crippen LogP contribution in [0.25, 0.3) is 11.3 Å². The van der Waals surface area contributed by atoms with Gasteiger partial charge < -0.3 is 9.84 Å². The first-order valence-electron chi connectivity index (χ1n) is 5.69. The summed E-state index contributed by atoms with van der Waals surface area (Å²) in [6, 6.07) is 3.52. The standard InChI is InChI=1S/C13H12F2N2O3/c1-17-10(5-9(16-17)13(18)19)11-8(14)4-3-7(6-20-2)12(11)15/h3-5H,6H2,1-2H3,(H,18,19). The Morgan fingerprint density at radius 2 is 2.15 bits per heavy atom. The van der Waals surface area contributed by atoms with Crippen LogP contribution in [0.2, 0.25) is 0 Å². The van der Waals surface area contributed by atoms with Crippen LogP contribution in [0.5, 0.6) is 0 Å². The molecule has 0 aliphatic rings. The van der Waals surface area contributed by atoms with E-state index in [0.29, 0.717) is 0 Å². The number of ether oxygens (including phenoxy) is 1. The van der Waals surface area contributed by atoms with Gasteiger partial charge in [0, 0.05) is 19.7 Å². The molecular formula is C13H12F2N2O3. The van der Waals surface area contributed by atoms with Gasteiger partial charge in [0.1, 0.15) is 11.6 Å². The Labute approximate surface area is 113 Å². The van der Waals surface area contributed by atoms with E-state index in [-0.39, 0.29) is 29.1 Å². The first-order chi connectivity index (χ1) is 9.45. The maximum Gasteiger partial charge on any atom is 0.356 e. The van der Waals surface area contributed by atoms with Gasteiger partial charge in [0.05, 0.1) is 17.9 Å². The van der Waals surface area contributed by atoms with Gasteiger partial charge in [0.25, 0.3) is 0 Å². The van der Waals surface area contributed by atoms with Gasteiger partial charge in [-0.2, -0.15) is 5.10 Å². The molecule has 0 aliphatic carbocycles. The fraction of sp³-hybridized carbons (Fsp3) is 0.231. The zero-order valence-electron chi connectivity index (χ0n) is 10.9. The Bertz CT molecular complexity index is 668. The zero-order chi connectivity index (χ0) is 14.9. The Morgan fingerprint density at radius 1 is 1.45 bits per heavy atom. The monoisotopic (exact) mass is 282 g/mol. The van der Waals surface area contributed by atoms with E-state index in [1.54, 1.807) is 0 Å². The molecule has 1 aromatic heterocycles. The summed E-state index contributed by atoms with van der Waals surface area (Å²) in [5.74, 6) is -2.84. The molecule has 1 N–H and O–H groups in total. The van der Waals surface area contributed by atoms with Crippen molar-refractivity contribution in [3.05, 3.63) is 41.1 Å². The van der Waals surface area contributed by atoms with Crippen molar-refractivity contribution in [2.24, 2.45) is 7.05 Å². The minimum Gasteiger partial charge on any atom is -0.476 e. The van der Waals surface area contributed by atoms with Crippen LogP contribution < -0.4 is 0 Å². The second kappa shape index (κ2) is 5.38. The van der Waals surface area contributed by atoms with Gasteiger partial charge in [-0.3, -0.25) is 4.68 Å². The van der Waals surface area contributed by atoms with Crippen molar-refractivity contribution in [3.8, 4) is 11.3 Å². The van der Waals surface area contributed by atoms with Gasteiger partial charge in [-0.05, 0) is 12.1 Å². The molecule has 1 aromatic carbocycles. The fourth-order valence-corrected chi connectivity index (χ4v) is 1.90. The third kappa shape index (κ3) is 2.39. The highest BCUT2D eigenvalue weighted by Crippen LogP contribution is 2.28. The van der Waals surface area contributed by atoms with E-state index in [2.05, 4.69) is 5.10 Å². The summed E-state index contributed by atoms with van der Waals surface area (Å²) < 4.78 is 34.1. The number of halogens is 2. The Morgan fingerprint density at radius 3 is 2.70 bits per heavy atom. The summed E-state index contributed by atoms with van der Waals surface area (Å²) in [5, 5.41) is 12.6. The number of aryl methyl sites for hydroxylation is 1. The number of benzene rings is 1. The third-order valence-electron chi connectivity index (χ3n) is 2.83. The largest absolute Gasteiger partial charge is 0.476 e. The molecule has 0 radical (unpaired) electrons. The Hall–Kier alpha value is -2.28. The lowest BCUT2D eigenvalue weighted by molar-refractivity contribution is 0.0689. The van der Waals surface area contributed by atoms with E-state index in [1.807, 2.05) is 0 Å². The number of rotatable bonds is 4. The van der Waals surface area contributed by atoms with Crippen LogP contribution >= 0.6 is 0 Å². The first-order valence-corrected chi connectivity index (χ1v) is 5.69. The maximum absolute atomic E-state index is 14.3. The van der Waals surface area contributed by atoms with E-state index in [4.69, 9.17) is 9.84 Å². The van der Waals surface area contributed by atoms with E-state index in [0.717, 1.165) is 16.8 Å². The molecule has 0 atom stereocenters. The second-order valence-electron chi connectivity index (χ2n) is 4.17. The summed E-state index contributed by atoms with van der Waals surface area (Å²) in [6.07, 6.45) is 0. The number of carbonyl (C=O) groups is 1. The third-order valence-corrected chi connectivity index (χ3v) is 2.83. The fourth-order valence-electron chi connectivity index (χ4n) is 1.90. The van der Waals surface area contributed by atoms with Crippen LogP contribution in [-0.4, -0.2) is 28.0 Å². The van der Waals surface area contributed by atoms with Gasteiger partial charge in [0.2, 0.25) is 0 Å². The van der Waals surface area contributed by atoms with Crippen molar-refractivity contribution in [1.29, 1.82) is 0 Å². The molecule has 0 unspecified atom stereocenters. The van der Waals surface area contributed by atoms with Crippen LogP contribution in [0.15, 0.2) is 18.2 Å². The van der Waals surface area contributed by atoms with E-state index >= 15 is 0 Å². The van der Waals surface area contributed by atoms with Crippen molar-refractivity contribution in [3.63, 3.8) is 0 Å². The highest BCUT2D eigenvalue weighted by molar-refractivity contribution is 5.87. The SMILES string of the molecule is COCc1ccc(F)c(-c2cc(C(=O)O)nn2C)c1F. The van der Waals surface area contributed by atoms with E-state index in [9.17, 15) is 13.6 Å². The Balaban J connectivity index is 2.62. The Kier molecular flexibility index (Phi) is 3.80. The smallest absolute Gasteiger partial charge is 0.356 e. The number of methoxy groups -OCH3 is 1. The zero-order valence-corrected chi connectivity index (χ0v) is 10.9. The molecule has 0 saturated carbocycles. The molecule has 0 bridgehead atoms. The predicted octanol–water partition coefficient (Wildman–Crippen LogP) is 2.21. The highest BCUT2D eigenvalue weighted by atomic mass is 19.1. The van der Waals surface area contributed by atoms with Crippen LogP contribution in [0.1, 0.15) is 16.1 Å². The number of aromatic nitrogens is 2. The molecule has 20 heavy (non-hydrogen) atoms. The average molecular weight is 282 g/mol. The lowest BCUT2D eigenvalue weighted by Gasteiger charge is -2.09. The second-order valence-corrected chi connectivity index (χ2v) is 4.17. The predicted molar refractivity (Wildman–Crippen MR) is 66.2 cm³/mol. The van der Waals surface area contributed by atoms with Crippen LogP contribution in [0, 0.1) is 11.6 Å². The number of hydrogen-bond acceptors (Lipinski definition) is 3. The van der Waals surface area contributed by atoms with Crippen molar-refractivity contribution >= 4 is 5.97 Å². The molecule has 2 aromatic rings. The molecule has 0 fully saturated rings. The summed E-state index contributed by atoms with van der Waals surface area (Å²) >= 11 is 0. The first kappa shape index (κ1) is 14.1. The summed E-state index contributed by atoms with van der Waals surface area (Å²) in [6.45, 7) is -0.0112. The van der Waals surface area contributed by atoms with Crippen LogP contribution in [0.4, 0.5) is 8.78 Å². The van der Waals surface area contributed by atoms with Gasteiger partial charge in [-0.25, -0.2) is 13.6 Å². The molecule has 7 heteroatoms. The number of carboxylic acids is 1. The molecule has 0 aliphatic heterocycles. The number of aromatic carboxylic acids is 1. The lowest BCUT2D eigenvalue weighted by Crippen LogP contribution is -2.02. The molecule has 0 spiro atoms. The minimum atomic E-state index is -1.26. The molecule has 0 saturated heterocycles. The van der Waals surface area contributed by atoms with E-state index in [1.165, 1.54) is 20.2 Å². The summed E-state index contributed by atoms with van der Waals surface area (Å²) in [4.78, 5) is 10.9. The molecule has 106 valence electrons. The van der Waals surface area contributed by atoms with Crippen LogP contribution in [0.3, 0.4) is 0 Å². The van der Waals surface area contributed by atoms with Gasteiger partial charge in [0.15, 0.2) is 5.69 Å². The minimum absolute atomic E-state index is 0.0112. The quantitative estimate of drug-likeness (QED) is 0.933. The van der Waals surface area contributed by atoms with E-state index < -0.39 is 17.6 Å². The van der Waals surface area contributed by atoms with Gasteiger partial charge >= 0.3 is 5.97 Å². The molecule has 2 rings (SSSR count). The highest BCUT2D eigenvalue weighted by Gasteiger charge is 2.21. The maximum atomic E-state index is 14.3. The van der Waals surface area contributed by atoms with Gasteiger partial charge in [-0.1, -0.05) is 6.07 Å².